The van der Waals surface area contributed by atoms with Gasteiger partial charge in [0.1, 0.15) is 5.75 Å². The van der Waals surface area contributed by atoms with E-state index in [0.29, 0.717) is 11.5 Å². The Morgan fingerprint density at radius 1 is 1.22 bits per heavy atom. The highest BCUT2D eigenvalue weighted by Crippen LogP contribution is 2.31. The monoisotopic (exact) mass is 252 g/mol. The molecule has 0 heterocycles. The van der Waals surface area contributed by atoms with Crippen LogP contribution in [-0.2, 0) is 11.3 Å². The van der Waals surface area contributed by atoms with Crippen molar-refractivity contribution in [2.75, 3.05) is 7.11 Å². The van der Waals surface area contributed by atoms with Crippen LogP contribution in [0.5, 0.6) is 5.75 Å². The molecule has 0 aliphatic heterocycles. The molecule has 1 aromatic rings. The molecule has 1 unspecified atom stereocenters. The lowest BCUT2D eigenvalue weighted by Gasteiger charge is -2.18. The lowest BCUT2D eigenvalue weighted by Crippen LogP contribution is -2.03. The Bertz CT molecular complexity index is 361. The normalized spacial score (nSPS) is 12.9. The molecule has 0 saturated carbocycles. The van der Waals surface area contributed by atoms with Gasteiger partial charge in [0.05, 0.1) is 12.7 Å². The predicted octanol–water partition coefficient (Wildman–Crippen LogP) is 3.40. The zero-order valence-corrected chi connectivity index (χ0v) is 11.5. The molecule has 3 heteroatoms. The third kappa shape index (κ3) is 4.31. The zero-order chi connectivity index (χ0) is 13.5. The number of benzene rings is 1. The van der Waals surface area contributed by atoms with Gasteiger partial charge in [0.15, 0.2) is 0 Å². The van der Waals surface area contributed by atoms with Crippen molar-refractivity contribution in [1.82, 2.24) is 0 Å². The van der Waals surface area contributed by atoms with E-state index in [4.69, 9.17) is 9.84 Å². The highest BCUT2D eigenvalue weighted by atomic mass is 16.5. The second-order valence-corrected chi connectivity index (χ2v) is 5.10. The highest BCUT2D eigenvalue weighted by molar-refractivity contribution is 5.37. The summed E-state index contributed by atoms with van der Waals surface area (Å²) >= 11 is 0. The van der Waals surface area contributed by atoms with E-state index < -0.39 is 0 Å². The van der Waals surface area contributed by atoms with Crippen LogP contribution in [0.25, 0.3) is 0 Å². The molecule has 3 nitrogen and oxygen atoms in total. The van der Waals surface area contributed by atoms with Crippen molar-refractivity contribution in [1.29, 1.82) is 0 Å². The summed E-state index contributed by atoms with van der Waals surface area (Å²) in [5, 5.41) is 19.0. The van der Waals surface area contributed by atoms with Crippen LogP contribution in [0.15, 0.2) is 18.2 Å². The number of hydrogen-bond donors (Lipinski definition) is 2. The smallest absolute Gasteiger partial charge is 0.121 e. The second-order valence-electron chi connectivity index (χ2n) is 5.10. The van der Waals surface area contributed by atoms with Crippen molar-refractivity contribution < 1.29 is 14.9 Å². The number of phenols is 1. The molecule has 1 aromatic carbocycles. The minimum absolute atomic E-state index is 0.0567. The van der Waals surface area contributed by atoms with E-state index in [9.17, 15) is 5.11 Å². The van der Waals surface area contributed by atoms with Crippen LogP contribution in [0.2, 0.25) is 0 Å². The fourth-order valence-electron chi connectivity index (χ4n) is 2.07. The second kappa shape index (κ2) is 7.39. The van der Waals surface area contributed by atoms with Gasteiger partial charge in [0.25, 0.3) is 0 Å². The van der Waals surface area contributed by atoms with E-state index in [0.717, 1.165) is 24.8 Å². The first-order chi connectivity index (χ1) is 8.58. The largest absolute Gasteiger partial charge is 0.508 e. The standard InChI is InChI=1S/C15H24O3/c1-11(2)5-4-6-15(18-3)13-8-7-12(10-16)9-14(13)17/h7-9,11,15-17H,4-6,10H2,1-3H3. The molecule has 2 N–H and O–H groups in total. The lowest BCUT2D eigenvalue weighted by molar-refractivity contribution is 0.0901. The summed E-state index contributed by atoms with van der Waals surface area (Å²) in [5.74, 6) is 0.894. The number of aromatic hydroxyl groups is 1. The number of methoxy groups -OCH3 is 1. The summed E-state index contributed by atoms with van der Waals surface area (Å²) in [6.45, 7) is 4.35. The maximum absolute atomic E-state index is 9.94. The van der Waals surface area contributed by atoms with E-state index in [1.165, 1.54) is 0 Å². The number of hydrogen-bond acceptors (Lipinski definition) is 3. The minimum Gasteiger partial charge on any atom is -0.508 e. The molecule has 0 bridgehead atoms. The summed E-state index contributed by atoms with van der Waals surface area (Å²) in [6, 6.07) is 5.26. The van der Waals surface area contributed by atoms with Crippen molar-refractivity contribution >= 4 is 0 Å². The fraction of sp³-hybridized carbons (Fsp3) is 0.600. The van der Waals surface area contributed by atoms with Gasteiger partial charge in [-0.2, -0.15) is 0 Å². The van der Waals surface area contributed by atoms with E-state index in [1.54, 1.807) is 13.2 Å². The molecule has 0 radical (unpaired) electrons. The number of aliphatic hydroxyl groups is 1. The number of ether oxygens (including phenoxy) is 1. The quantitative estimate of drug-likeness (QED) is 0.782. The summed E-state index contributed by atoms with van der Waals surface area (Å²) in [4.78, 5) is 0. The van der Waals surface area contributed by atoms with Gasteiger partial charge in [-0.25, -0.2) is 0 Å². The first-order valence-electron chi connectivity index (χ1n) is 6.54. The third-order valence-corrected chi connectivity index (χ3v) is 3.16. The molecule has 0 amide bonds. The zero-order valence-electron chi connectivity index (χ0n) is 11.5. The maximum Gasteiger partial charge on any atom is 0.121 e. The van der Waals surface area contributed by atoms with Crippen LogP contribution < -0.4 is 0 Å². The molecule has 1 rings (SSSR count). The van der Waals surface area contributed by atoms with Crippen LogP contribution in [0.3, 0.4) is 0 Å². The molecule has 18 heavy (non-hydrogen) atoms. The molecule has 0 aliphatic carbocycles. The summed E-state index contributed by atoms with van der Waals surface area (Å²) in [5.41, 5.74) is 1.52. The molecule has 0 spiro atoms. The Balaban J connectivity index is 2.69. The van der Waals surface area contributed by atoms with Gasteiger partial charge in [-0.15, -0.1) is 0 Å². The summed E-state index contributed by atoms with van der Waals surface area (Å²) in [7, 11) is 1.67. The molecule has 0 aliphatic rings. The van der Waals surface area contributed by atoms with Crippen LogP contribution in [-0.4, -0.2) is 17.3 Å². The van der Waals surface area contributed by atoms with Crippen LogP contribution >= 0.6 is 0 Å². The van der Waals surface area contributed by atoms with Gasteiger partial charge in [0, 0.05) is 12.7 Å². The Morgan fingerprint density at radius 3 is 2.44 bits per heavy atom. The molecular weight excluding hydrogens is 228 g/mol. The highest BCUT2D eigenvalue weighted by Gasteiger charge is 2.15. The first-order valence-corrected chi connectivity index (χ1v) is 6.54. The van der Waals surface area contributed by atoms with Gasteiger partial charge in [-0.1, -0.05) is 38.8 Å². The van der Waals surface area contributed by atoms with Crippen molar-refractivity contribution in [3.63, 3.8) is 0 Å². The van der Waals surface area contributed by atoms with Crippen molar-refractivity contribution in [3.05, 3.63) is 29.3 Å². The molecule has 1 atom stereocenters. The average Bonchev–Trinajstić information content (AvgIpc) is 2.35. The average molecular weight is 252 g/mol. The Morgan fingerprint density at radius 2 is 1.94 bits per heavy atom. The fourth-order valence-corrected chi connectivity index (χ4v) is 2.07. The van der Waals surface area contributed by atoms with Gasteiger partial charge < -0.3 is 14.9 Å². The first kappa shape index (κ1) is 15.0. The lowest BCUT2D eigenvalue weighted by atomic mass is 9.98. The molecular formula is C15H24O3. The predicted molar refractivity (Wildman–Crippen MR) is 72.5 cm³/mol. The summed E-state index contributed by atoms with van der Waals surface area (Å²) < 4.78 is 5.45. The van der Waals surface area contributed by atoms with Crippen LogP contribution in [0, 0.1) is 5.92 Å². The van der Waals surface area contributed by atoms with E-state index in [1.807, 2.05) is 12.1 Å². The van der Waals surface area contributed by atoms with Gasteiger partial charge in [-0.3, -0.25) is 0 Å². The molecule has 0 aromatic heterocycles. The van der Waals surface area contributed by atoms with Crippen molar-refractivity contribution in [2.45, 2.75) is 45.8 Å². The Labute approximate surface area is 109 Å². The molecule has 102 valence electrons. The van der Waals surface area contributed by atoms with E-state index in [2.05, 4.69) is 13.8 Å². The van der Waals surface area contributed by atoms with Crippen molar-refractivity contribution in [3.8, 4) is 5.75 Å². The minimum atomic E-state index is -0.0727. The van der Waals surface area contributed by atoms with Crippen LogP contribution in [0.4, 0.5) is 0 Å². The molecule has 0 saturated heterocycles. The van der Waals surface area contributed by atoms with Gasteiger partial charge in [-0.05, 0) is 24.0 Å². The summed E-state index contributed by atoms with van der Waals surface area (Å²) in [6.07, 6.45) is 3.07. The van der Waals surface area contributed by atoms with E-state index in [-0.39, 0.29) is 18.5 Å². The van der Waals surface area contributed by atoms with Crippen molar-refractivity contribution in [2.24, 2.45) is 5.92 Å². The maximum atomic E-state index is 9.94. The van der Waals surface area contributed by atoms with Gasteiger partial charge in [0.2, 0.25) is 0 Å². The number of rotatable bonds is 7. The van der Waals surface area contributed by atoms with Gasteiger partial charge >= 0.3 is 0 Å². The molecule has 0 fully saturated rings. The SMILES string of the molecule is COC(CCCC(C)C)c1ccc(CO)cc1O. The number of phenolic OH excluding ortho intramolecular Hbond substituents is 1. The Kier molecular flexibility index (Phi) is 6.16. The van der Waals surface area contributed by atoms with E-state index >= 15 is 0 Å². The Hall–Kier alpha value is -1.06. The number of aliphatic hydroxyl groups excluding tert-OH is 1. The topological polar surface area (TPSA) is 49.7 Å². The third-order valence-electron chi connectivity index (χ3n) is 3.16. The van der Waals surface area contributed by atoms with Crippen LogP contribution in [0.1, 0.15) is 50.3 Å².